The fourth-order valence-electron chi connectivity index (χ4n) is 3.61. The lowest BCUT2D eigenvalue weighted by molar-refractivity contribution is -0.136. The molecule has 0 atom stereocenters. The van der Waals surface area contributed by atoms with E-state index in [9.17, 15) is 14.4 Å². The molecule has 0 saturated heterocycles. The van der Waals surface area contributed by atoms with Gasteiger partial charge in [-0.3, -0.25) is 14.4 Å². The van der Waals surface area contributed by atoms with Crippen molar-refractivity contribution in [1.29, 1.82) is 0 Å². The minimum atomic E-state index is -0.957. The first kappa shape index (κ1) is 18.7. The number of imide groups is 1. The van der Waals surface area contributed by atoms with Crippen LogP contribution in [0.3, 0.4) is 0 Å². The maximum absolute atomic E-state index is 13.2. The lowest BCUT2D eigenvalue weighted by Crippen LogP contribution is -2.30. The van der Waals surface area contributed by atoms with Crippen molar-refractivity contribution in [2.24, 2.45) is 5.73 Å². The smallest absolute Gasteiger partial charge is 0.303 e. The molecule has 2 heterocycles. The van der Waals surface area contributed by atoms with Gasteiger partial charge in [-0.2, -0.15) is 0 Å². The average Bonchev–Trinajstić information content (AvgIpc) is 3.19. The number of amides is 2. The molecule has 148 valence electrons. The Balaban J connectivity index is 1.82. The van der Waals surface area contributed by atoms with Crippen molar-refractivity contribution in [1.82, 2.24) is 4.98 Å². The van der Waals surface area contributed by atoms with E-state index in [1.807, 2.05) is 24.3 Å². The van der Waals surface area contributed by atoms with Crippen LogP contribution in [0.1, 0.15) is 32.7 Å². The third-order valence-electron chi connectivity index (χ3n) is 4.86. The van der Waals surface area contributed by atoms with Crippen molar-refractivity contribution in [3.05, 3.63) is 59.2 Å². The van der Waals surface area contributed by atoms with Gasteiger partial charge in [-0.25, -0.2) is 4.90 Å². The molecule has 0 fully saturated rings. The summed E-state index contributed by atoms with van der Waals surface area (Å²) in [6.07, 6.45) is 0.0570. The minimum absolute atomic E-state index is 0.122. The number of aryl methyl sites for hydroxylation is 1. The first-order chi connectivity index (χ1) is 14.0. The highest BCUT2D eigenvalue weighted by Gasteiger charge is 2.41. The minimum Gasteiger partial charge on any atom is -0.491 e. The molecule has 3 aromatic rings. The molecule has 2 aromatic carbocycles. The lowest BCUT2D eigenvalue weighted by Gasteiger charge is -2.15. The zero-order valence-electron chi connectivity index (χ0n) is 15.5. The van der Waals surface area contributed by atoms with E-state index in [1.165, 1.54) is 0 Å². The van der Waals surface area contributed by atoms with E-state index in [-0.39, 0.29) is 37.1 Å². The molecular formula is C21H19N3O5. The SMILES string of the molecule is NCCOc1cccc2c1C(=O)N(c1[nH]c3ccccc3c1CCC(=O)O)C2=O. The molecule has 4 N–H and O–H groups in total. The first-order valence-electron chi connectivity index (χ1n) is 9.19. The fraction of sp³-hybridized carbons (Fsp3) is 0.190. The molecule has 1 aliphatic heterocycles. The summed E-state index contributed by atoms with van der Waals surface area (Å²) in [5, 5.41) is 9.90. The number of hydrogen-bond acceptors (Lipinski definition) is 5. The lowest BCUT2D eigenvalue weighted by atomic mass is 10.1. The summed E-state index contributed by atoms with van der Waals surface area (Å²) in [5.41, 5.74) is 7.25. The van der Waals surface area contributed by atoms with Crippen LogP contribution in [0, 0.1) is 0 Å². The van der Waals surface area contributed by atoms with Gasteiger partial charge in [0.05, 0.1) is 11.1 Å². The number of aromatic nitrogens is 1. The number of carbonyl (C=O) groups excluding carboxylic acids is 2. The molecule has 29 heavy (non-hydrogen) atoms. The van der Waals surface area contributed by atoms with Gasteiger partial charge >= 0.3 is 5.97 Å². The molecule has 0 saturated carbocycles. The van der Waals surface area contributed by atoms with Gasteiger partial charge in [-0.15, -0.1) is 0 Å². The van der Waals surface area contributed by atoms with Crippen LogP contribution in [-0.2, 0) is 11.2 Å². The monoisotopic (exact) mass is 393 g/mol. The summed E-state index contributed by atoms with van der Waals surface area (Å²) in [7, 11) is 0. The number of fused-ring (bicyclic) bond motifs is 2. The van der Waals surface area contributed by atoms with E-state index in [4.69, 9.17) is 15.6 Å². The Morgan fingerprint density at radius 3 is 2.66 bits per heavy atom. The Labute approximate surface area is 165 Å². The summed E-state index contributed by atoms with van der Waals surface area (Å²) in [6, 6.07) is 12.1. The number of anilines is 1. The molecule has 0 spiro atoms. The molecule has 8 heteroatoms. The molecule has 8 nitrogen and oxygen atoms in total. The normalized spacial score (nSPS) is 13.2. The zero-order chi connectivity index (χ0) is 20.5. The highest BCUT2D eigenvalue weighted by molar-refractivity contribution is 6.35. The number of rotatable bonds is 7. The largest absolute Gasteiger partial charge is 0.491 e. The second-order valence-electron chi connectivity index (χ2n) is 6.65. The number of nitrogens with one attached hydrogen (secondary N) is 1. The van der Waals surface area contributed by atoms with Crippen molar-refractivity contribution in [3.8, 4) is 5.75 Å². The number of benzene rings is 2. The maximum Gasteiger partial charge on any atom is 0.303 e. The van der Waals surface area contributed by atoms with Crippen molar-refractivity contribution in [2.75, 3.05) is 18.1 Å². The number of carboxylic acids is 1. The number of para-hydroxylation sites is 1. The van der Waals surface area contributed by atoms with E-state index in [0.29, 0.717) is 17.1 Å². The summed E-state index contributed by atoms with van der Waals surface area (Å²) >= 11 is 0. The number of aromatic amines is 1. The third-order valence-corrected chi connectivity index (χ3v) is 4.86. The van der Waals surface area contributed by atoms with Crippen LogP contribution in [-0.4, -0.2) is 41.0 Å². The van der Waals surface area contributed by atoms with Gasteiger partial charge in [-0.05, 0) is 24.6 Å². The molecule has 0 bridgehead atoms. The van der Waals surface area contributed by atoms with Crippen LogP contribution in [0.5, 0.6) is 5.75 Å². The van der Waals surface area contributed by atoms with Gasteiger partial charge in [0.25, 0.3) is 11.8 Å². The van der Waals surface area contributed by atoms with Crippen LogP contribution in [0.2, 0.25) is 0 Å². The topological polar surface area (TPSA) is 126 Å². The Bertz CT molecular complexity index is 1130. The standard InChI is InChI=1S/C21H19N3O5/c22-10-11-29-16-7-3-5-14-18(16)21(28)24(20(14)27)19-13(8-9-17(25)26)12-4-1-2-6-15(12)23-19/h1-7,23H,8-11,22H2,(H,25,26). The van der Waals surface area contributed by atoms with Crippen molar-refractivity contribution >= 4 is 34.5 Å². The van der Waals surface area contributed by atoms with Gasteiger partial charge < -0.3 is 20.6 Å². The van der Waals surface area contributed by atoms with E-state index >= 15 is 0 Å². The van der Waals surface area contributed by atoms with Gasteiger partial charge in [0, 0.05) is 29.4 Å². The van der Waals surface area contributed by atoms with E-state index in [0.717, 1.165) is 15.8 Å². The zero-order valence-corrected chi connectivity index (χ0v) is 15.5. The maximum atomic E-state index is 13.2. The number of nitrogens with zero attached hydrogens (tertiary/aromatic N) is 1. The Kier molecular flexibility index (Phi) is 4.77. The first-order valence-corrected chi connectivity index (χ1v) is 9.19. The number of hydrogen-bond donors (Lipinski definition) is 3. The van der Waals surface area contributed by atoms with Crippen molar-refractivity contribution in [2.45, 2.75) is 12.8 Å². The summed E-state index contributed by atoms with van der Waals surface area (Å²) in [4.78, 5) is 41.6. The molecule has 4 rings (SSSR count). The highest BCUT2D eigenvalue weighted by atomic mass is 16.5. The van der Waals surface area contributed by atoms with Crippen molar-refractivity contribution < 1.29 is 24.2 Å². The quantitative estimate of drug-likeness (QED) is 0.529. The van der Waals surface area contributed by atoms with Gasteiger partial charge in [0.1, 0.15) is 18.2 Å². The Morgan fingerprint density at radius 1 is 1.10 bits per heavy atom. The molecule has 1 aromatic heterocycles. The molecule has 2 amide bonds. The van der Waals surface area contributed by atoms with Gasteiger partial charge in [-0.1, -0.05) is 24.3 Å². The number of ether oxygens (including phenoxy) is 1. The van der Waals surface area contributed by atoms with Crippen LogP contribution in [0.25, 0.3) is 10.9 Å². The number of carbonyl (C=O) groups is 3. The van der Waals surface area contributed by atoms with Gasteiger partial charge in [0.2, 0.25) is 0 Å². The molecule has 0 radical (unpaired) electrons. The molecule has 0 aliphatic carbocycles. The van der Waals surface area contributed by atoms with Crippen LogP contribution in [0.15, 0.2) is 42.5 Å². The summed E-state index contributed by atoms with van der Waals surface area (Å²) in [6.45, 7) is 0.491. The average molecular weight is 393 g/mol. The predicted octanol–water partition coefficient (Wildman–Crippen LogP) is 2.32. The van der Waals surface area contributed by atoms with Crippen LogP contribution < -0.4 is 15.4 Å². The predicted molar refractivity (Wildman–Crippen MR) is 106 cm³/mol. The fourth-order valence-corrected chi connectivity index (χ4v) is 3.61. The number of H-pyrrole nitrogens is 1. The van der Waals surface area contributed by atoms with E-state index in [1.54, 1.807) is 18.2 Å². The van der Waals surface area contributed by atoms with Crippen molar-refractivity contribution in [3.63, 3.8) is 0 Å². The highest BCUT2D eigenvalue weighted by Crippen LogP contribution is 2.38. The van der Waals surface area contributed by atoms with Gasteiger partial charge in [0.15, 0.2) is 0 Å². The number of nitrogens with two attached hydrogens (primary N) is 1. The van der Waals surface area contributed by atoms with Crippen LogP contribution >= 0.6 is 0 Å². The second kappa shape index (κ2) is 7.40. The second-order valence-corrected chi connectivity index (χ2v) is 6.65. The Morgan fingerprint density at radius 2 is 1.90 bits per heavy atom. The number of carboxylic acid groups (broad SMARTS) is 1. The summed E-state index contributed by atoms with van der Waals surface area (Å²) in [5.74, 6) is -1.35. The number of aliphatic carboxylic acids is 1. The van der Waals surface area contributed by atoms with Crippen LogP contribution in [0.4, 0.5) is 5.82 Å². The van der Waals surface area contributed by atoms with E-state index < -0.39 is 17.8 Å². The molecule has 1 aliphatic rings. The Hall–Kier alpha value is -3.65. The molecule has 0 unspecified atom stereocenters. The third kappa shape index (κ3) is 3.13. The summed E-state index contributed by atoms with van der Waals surface area (Å²) < 4.78 is 5.56. The molecular weight excluding hydrogens is 374 g/mol. The van der Waals surface area contributed by atoms with E-state index in [2.05, 4.69) is 4.98 Å².